The molecule has 0 aromatic heterocycles. The Morgan fingerprint density at radius 2 is 1.86 bits per heavy atom. The van der Waals surface area contributed by atoms with Gasteiger partial charge in [0.1, 0.15) is 11.5 Å². The highest BCUT2D eigenvalue weighted by molar-refractivity contribution is 6.34. The zero-order valence-corrected chi connectivity index (χ0v) is 17.3. The third-order valence-corrected chi connectivity index (χ3v) is 4.35. The lowest BCUT2D eigenvalue weighted by molar-refractivity contribution is -0.123. The highest BCUT2D eigenvalue weighted by Crippen LogP contribution is 2.27. The Labute approximate surface area is 175 Å². The highest BCUT2D eigenvalue weighted by Gasteiger charge is 2.06. The number of halogens is 2. The van der Waals surface area contributed by atoms with Crippen LogP contribution in [0.15, 0.2) is 47.6 Å². The summed E-state index contributed by atoms with van der Waals surface area (Å²) >= 11 is 11.8. The molecule has 0 spiro atoms. The summed E-state index contributed by atoms with van der Waals surface area (Å²) in [5, 5.41) is 4.78. The number of nitrogens with one attached hydrogen (secondary N) is 1. The first-order valence-electron chi connectivity index (χ1n) is 9.21. The molecule has 0 aliphatic heterocycles. The number of carbonyl (C=O) groups excluding carboxylic acids is 1. The monoisotopic (exact) mass is 422 g/mol. The zero-order valence-electron chi connectivity index (χ0n) is 15.8. The van der Waals surface area contributed by atoms with E-state index >= 15 is 0 Å². The minimum atomic E-state index is -0.403. The van der Waals surface area contributed by atoms with E-state index < -0.39 is 5.91 Å². The van der Waals surface area contributed by atoms with E-state index in [1.165, 1.54) is 19.3 Å². The molecule has 0 unspecified atom stereocenters. The van der Waals surface area contributed by atoms with E-state index in [0.29, 0.717) is 15.8 Å². The van der Waals surface area contributed by atoms with Gasteiger partial charge in [-0.2, -0.15) is 5.10 Å². The number of hydrazone groups is 1. The number of ether oxygens (including phenoxy) is 2. The molecule has 2 aromatic carbocycles. The van der Waals surface area contributed by atoms with Gasteiger partial charge in [0.25, 0.3) is 5.91 Å². The van der Waals surface area contributed by atoms with Crippen LogP contribution in [0.3, 0.4) is 0 Å². The fourth-order valence-electron chi connectivity index (χ4n) is 2.31. The summed E-state index contributed by atoms with van der Waals surface area (Å²) in [7, 11) is 0. The Morgan fingerprint density at radius 3 is 2.61 bits per heavy atom. The molecule has 0 bridgehead atoms. The van der Waals surface area contributed by atoms with Crippen molar-refractivity contribution in [2.75, 3.05) is 13.2 Å². The van der Waals surface area contributed by atoms with Crippen LogP contribution in [0, 0.1) is 0 Å². The van der Waals surface area contributed by atoms with Gasteiger partial charge >= 0.3 is 0 Å². The molecule has 7 heteroatoms. The summed E-state index contributed by atoms with van der Waals surface area (Å²) < 4.78 is 11.0. The maximum absolute atomic E-state index is 11.8. The maximum atomic E-state index is 11.8. The zero-order chi connectivity index (χ0) is 20.2. The van der Waals surface area contributed by atoms with Crippen LogP contribution in [0.5, 0.6) is 11.5 Å². The number of carbonyl (C=O) groups is 1. The molecule has 0 aliphatic rings. The number of rotatable bonds is 11. The van der Waals surface area contributed by atoms with Crippen molar-refractivity contribution in [1.82, 2.24) is 5.43 Å². The molecule has 2 rings (SSSR count). The van der Waals surface area contributed by atoms with Crippen molar-refractivity contribution in [2.24, 2.45) is 5.10 Å². The topological polar surface area (TPSA) is 59.9 Å². The standard InChI is InChI=1S/C21H24Cl2N2O3/c1-2-3-4-5-12-27-18-9-6-16(7-10-18)14-24-25-21(26)15-28-20-13-17(22)8-11-19(20)23/h6-11,13-14H,2-5,12,15H2,1H3,(H,25,26)/b24-14+. The predicted molar refractivity (Wildman–Crippen MR) is 114 cm³/mol. The van der Waals surface area contributed by atoms with Crippen LogP contribution >= 0.6 is 23.2 Å². The van der Waals surface area contributed by atoms with Gasteiger partial charge in [-0.05, 0) is 48.4 Å². The lowest BCUT2D eigenvalue weighted by Gasteiger charge is -2.07. The number of hydrogen-bond acceptors (Lipinski definition) is 4. The van der Waals surface area contributed by atoms with Gasteiger partial charge in [0, 0.05) is 11.1 Å². The first kappa shape index (κ1) is 22.1. The summed E-state index contributed by atoms with van der Waals surface area (Å²) in [6, 6.07) is 12.3. The van der Waals surface area contributed by atoms with Crippen LogP contribution in [0.1, 0.15) is 38.2 Å². The van der Waals surface area contributed by atoms with Gasteiger partial charge < -0.3 is 9.47 Å². The molecular formula is C21H24Cl2N2O3. The van der Waals surface area contributed by atoms with Gasteiger partial charge in [-0.15, -0.1) is 0 Å². The van der Waals surface area contributed by atoms with Crippen molar-refractivity contribution >= 4 is 35.3 Å². The molecule has 150 valence electrons. The van der Waals surface area contributed by atoms with E-state index in [1.54, 1.807) is 24.4 Å². The van der Waals surface area contributed by atoms with E-state index in [0.717, 1.165) is 24.3 Å². The van der Waals surface area contributed by atoms with Crippen molar-refractivity contribution in [3.63, 3.8) is 0 Å². The van der Waals surface area contributed by atoms with Crippen LogP contribution in [0.2, 0.25) is 10.0 Å². The van der Waals surface area contributed by atoms with Crippen LogP contribution in [-0.2, 0) is 4.79 Å². The molecule has 0 saturated carbocycles. The van der Waals surface area contributed by atoms with Crippen LogP contribution in [0.4, 0.5) is 0 Å². The van der Waals surface area contributed by atoms with Crippen LogP contribution < -0.4 is 14.9 Å². The Morgan fingerprint density at radius 1 is 1.07 bits per heavy atom. The second-order valence-electron chi connectivity index (χ2n) is 6.13. The van der Waals surface area contributed by atoms with Gasteiger partial charge in [-0.25, -0.2) is 5.43 Å². The normalized spacial score (nSPS) is 10.8. The summed E-state index contributed by atoms with van der Waals surface area (Å²) in [6.07, 6.45) is 6.25. The third-order valence-electron chi connectivity index (χ3n) is 3.80. The molecule has 1 N–H and O–H groups in total. The lowest BCUT2D eigenvalue weighted by atomic mass is 10.2. The molecule has 2 aromatic rings. The number of benzene rings is 2. The highest BCUT2D eigenvalue weighted by atomic mass is 35.5. The molecule has 0 aliphatic carbocycles. The molecule has 1 amide bonds. The fourth-order valence-corrected chi connectivity index (χ4v) is 2.65. The van der Waals surface area contributed by atoms with E-state index in [4.69, 9.17) is 32.7 Å². The van der Waals surface area contributed by atoms with E-state index in [2.05, 4.69) is 17.5 Å². The second kappa shape index (κ2) is 12.3. The minimum absolute atomic E-state index is 0.220. The molecule has 0 heterocycles. The van der Waals surface area contributed by atoms with Gasteiger partial charge in [0.15, 0.2) is 6.61 Å². The molecule has 28 heavy (non-hydrogen) atoms. The first-order chi connectivity index (χ1) is 13.6. The minimum Gasteiger partial charge on any atom is -0.494 e. The largest absolute Gasteiger partial charge is 0.494 e. The summed E-state index contributed by atoms with van der Waals surface area (Å²) in [4.78, 5) is 11.8. The summed E-state index contributed by atoms with van der Waals surface area (Å²) in [6.45, 7) is 2.69. The van der Waals surface area contributed by atoms with Crippen molar-refractivity contribution in [3.8, 4) is 11.5 Å². The van der Waals surface area contributed by atoms with Gasteiger partial charge in [-0.3, -0.25) is 4.79 Å². The Balaban J connectivity index is 1.71. The molecule has 0 saturated heterocycles. The summed E-state index contributed by atoms with van der Waals surface area (Å²) in [5.41, 5.74) is 3.25. The Bertz CT molecular complexity index is 780. The molecule has 5 nitrogen and oxygen atoms in total. The smallest absolute Gasteiger partial charge is 0.277 e. The average molecular weight is 423 g/mol. The molecule has 0 atom stereocenters. The van der Waals surface area contributed by atoms with E-state index in [9.17, 15) is 4.79 Å². The third kappa shape index (κ3) is 8.19. The first-order valence-corrected chi connectivity index (χ1v) is 9.96. The number of hydrogen-bond donors (Lipinski definition) is 1. The average Bonchev–Trinajstić information content (AvgIpc) is 2.69. The molecular weight excluding hydrogens is 399 g/mol. The number of nitrogens with zero attached hydrogens (tertiary/aromatic N) is 1. The SMILES string of the molecule is CCCCCCOc1ccc(/C=N/NC(=O)COc2cc(Cl)ccc2Cl)cc1. The Kier molecular flexibility index (Phi) is 9.66. The Hall–Kier alpha value is -2.24. The lowest BCUT2D eigenvalue weighted by Crippen LogP contribution is -2.24. The van der Waals surface area contributed by atoms with Gasteiger partial charge in [0.05, 0.1) is 17.8 Å². The van der Waals surface area contributed by atoms with Crippen LogP contribution in [-0.4, -0.2) is 25.3 Å². The van der Waals surface area contributed by atoms with Gasteiger partial charge in [-0.1, -0.05) is 49.4 Å². The number of unbranched alkanes of at least 4 members (excludes halogenated alkanes) is 3. The van der Waals surface area contributed by atoms with Gasteiger partial charge in [0.2, 0.25) is 0 Å². The quantitative estimate of drug-likeness (QED) is 0.296. The summed E-state index contributed by atoms with van der Waals surface area (Å²) in [5.74, 6) is 0.766. The fraction of sp³-hybridized carbons (Fsp3) is 0.333. The van der Waals surface area contributed by atoms with Crippen molar-refractivity contribution < 1.29 is 14.3 Å². The van der Waals surface area contributed by atoms with E-state index in [-0.39, 0.29) is 6.61 Å². The van der Waals surface area contributed by atoms with Crippen LogP contribution in [0.25, 0.3) is 0 Å². The van der Waals surface area contributed by atoms with Crippen molar-refractivity contribution in [3.05, 3.63) is 58.1 Å². The van der Waals surface area contributed by atoms with E-state index in [1.807, 2.05) is 24.3 Å². The molecule has 0 fully saturated rings. The second-order valence-corrected chi connectivity index (χ2v) is 6.98. The maximum Gasteiger partial charge on any atom is 0.277 e. The predicted octanol–water partition coefficient (Wildman–Crippen LogP) is 5.48. The molecule has 0 radical (unpaired) electrons. The number of amides is 1. The van der Waals surface area contributed by atoms with Crippen molar-refractivity contribution in [2.45, 2.75) is 32.6 Å². The van der Waals surface area contributed by atoms with Crippen molar-refractivity contribution in [1.29, 1.82) is 0 Å².